The maximum atomic E-state index is 13.2. The predicted molar refractivity (Wildman–Crippen MR) is 131 cm³/mol. The van der Waals surface area contributed by atoms with Crippen molar-refractivity contribution in [1.82, 2.24) is 4.90 Å². The van der Waals surface area contributed by atoms with Crippen LogP contribution in [0.25, 0.3) is 0 Å². The summed E-state index contributed by atoms with van der Waals surface area (Å²) < 4.78 is 43.6. The van der Waals surface area contributed by atoms with Gasteiger partial charge in [-0.15, -0.1) is 0 Å². The number of alkyl halides is 3. The molecule has 36 heavy (non-hydrogen) atoms. The van der Waals surface area contributed by atoms with E-state index in [1.807, 2.05) is 0 Å². The van der Waals surface area contributed by atoms with Crippen molar-refractivity contribution in [3.8, 4) is 5.75 Å². The maximum absolute atomic E-state index is 13.2. The number of hydrogen-bond donors (Lipinski definition) is 2. The van der Waals surface area contributed by atoms with Crippen LogP contribution in [0.1, 0.15) is 17.5 Å². The highest BCUT2D eigenvalue weighted by Gasteiger charge is 2.31. The Morgan fingerprint density at radius 1 is 0.944 bits per heavy atom. The molecule has 0 unspecified atom stereocenters. The smallest absolute Gasteiger partial charge is 0.416 e. The Hall–Kier alpha value is -4.21. The number of nitrogens with zero attached hydrogens (tertiary/aromatic N) is 2. The van der Waals surface area contributed by atoms with Gasteiger partial charge in [-0.2, -0.15) is 13.2 Å². The number of benzene rings is 3. The molecule has 4 amide bonds. The summed E-state index contributed by atoms with van der Waals surface area (Å²) in [5, 5.41) is 5.49. The lowest BCUT2D eigenvalue weighted by Gasteiger charge is -2.36. The van der Waals surface area contributed by atoms with Gasteiger partial charge in [0.25, 0.3) is 0 Å². The van der Waals surface area contributed by atoms with Crippen LogP contribution in [0.2, 0.25) is 0 Å². The Balaban J connectivity index is 1.41. The van der Waals surface area contributed by atoms with Crippen molar-refractivity contribution in [2.75, 3.05) is 35.7 Å². The van der Waals surface area contributed by atoms with Crippen molar-refractivity contribution >= 4 is 29.1 Å². The van der Waals surface area contributed by atoms with Crippen LogP contribution >= 0.6 is 0 Å². The summed E-state index contributed by atoms with van der Waals surface area (Å²) in [6.07, 6.45) is -3.71. The van der Waals surface area contributed by atoms with Gasteiger partial charge in [-0.25, -0.2) is 9.59 Å². The molecule has 0 atom stereocenters. The Bertz CT molecular complexity index is 1230. The number of halogens is 3. The second kappa shape index (κ2) is 10.6. The van der Waals surface area contributed by atoms with E-state index in [0.717, 1.165) is 12.1 Å². The monoisotopic (exact) mass is 498 g/mol. The maximum Gasteiger partial charge on any atom is 0.416 e. The van der Waals surface area contributed by atoms with Crippen LogP contribution in [-0.4, -0.2) is 37.2 Å². The minimum atomic E-state index is -4.40. The molecule has 3 aromatic carbocycles. The van der Waals surface area contributed by atoms with Gasteiger partial charge in [-0.3, -0.25) is 4.90 Å². The Labute approximate surface area is 206 Å². The average Bonchev–Trinajstić information content (AvgIpc) is 2.85. The average molecular weight is 499 g/mol. The standard InChI is InChI=1S/C26H25F3N4O3/c1-36-23-8-3-6-21(16-23)31-24(34)30-20-5-2-7-22(15-20)33-14-4-13-32(25(33)35)17-18-9-11-19(12-10-18)26(27,28)29/h2-3,5-12,15-16H,4,13-14,17H2,1H3,(H2,30,31,34). The summed E-state index contributed by atoms with van der Waals surface area (Å²) in [7, 11) is 1.54. The third kappa shape index (κ3) is 6.07. The molecule has 0 bridgehead atoms. The van der Waals surface area contributed by atoms with Gasteiger partial charge < -0.3 is 20.3 Å². The molecule has 1 fully saturated rings. The largest absolute Gasteiger partial charge is 0.497 e. The quantitative estimate of drug-likeness (QED) is 0.426. The van der Waals surface area contributed by atoms with Crippen molar-refractivity contribution in [3.63, 3.8) is 0 Å². The van der Waals surface area contributed by atoms with Crippen LogP contribution in [0.3, 0.4) is 0 Å². The minimum Gasteiger partial charge on any atom is -0.497 e. The van der Waals surface area contributed by atoms with E-state index in [2.05, 4.69) is 10.6 Å². The molecule has 1 heterocycles. The number of hydrogen-bond acceptors (Lipinski definition) is 3. The molecular weight excluding hydrogens is 473 g/mol. The highest BCUT2D eigenvalue weighted by molar-refractivity contribution is 6.00. The topological polar surface area (TPSA) is 73.9 Å². The molecule has 7 nitrogen and oxygen atoms in total. The lowest BCUT2D eigenvalue weighted by molar-refractivity contribution is -0.137. The first-order chi connectivity index (χ1) is 17.2. The summed E-state index contributed by atoms with van der Waals surface area (Å²) in [5.41, 5.74) is 1.56. The zero-order valence-electron chi connectivity index (χ0n) is 19.5. The second-order valence-corrected chi connectivity index (χ2v) is 8.27. The van der Waals surface area contributed by atoms with E-state index < -0.39 is 17.8 Å². The first-order valence-electron chi connectivity index (χ1n) is 11.3. The molecular formula is C26H25F3N4O3. The minimum absolute atomic E-state index is 0.203. The van der Waals surface area contributed by atoms with E-state index in [0.29, 0.717) is 47.9 Å². The molecule has 2 N–H and O–H groups in total. The summed E-state index contributed by atoms with van der Waals surface area (Å²) in [5.74, 6) is 0.610. The molecule has 10 heteroatoms. The zero-order valence-corrected chi connectivity index (χ0v) is 19.5. The van der Waals surface area contributed by atoms with Crippen LogP contribution in [0.5, 0.6) is 5.75 Å². The van der Waals surface area contributed by atoms with Gasteiger partial charge in [0.2, 0.25) is 0 Å². The van der Waals surface area contributed by atoms with Crippen molar-refractivity contribution in [1.29, 1.82) is 0 Å². The number of urea groups is 2. The second-order valence-electron chi connectivity index (χ2n) is 8.27. The van der Waals surface area contributed by atoms with E-state index in [-0.39, 0.29) is 12.6 Å². The Kier molecular flexibility index (Phi) is 7.33. The fraction of sp³-hybridized carbons (Fsp3) is 0.231. The molecule has 188 valence electrons. The number of rotatable bonds is 6. The number of carbonyl (C=O) groups excluding carboxylic acids is 2. The first kappa shape index (κ1) is 24.9. The molecule has 1 saturated heterocycles. The Morgan fingerprint density at radius 2 is 1.61 bits per heavy atom. The molecule has 0 aromatic heterocycles. The number of anilines is 3. The highest BCUT2D eigenvalue weighted by atomic mass is 19.4. The third-order valence-electron chi connectivity index (χ3n) is 5.71. The van der Waals surface area contributed by atoms with Crippen LogP contribution in [-0.2, 0) is 12.7 Å². The Morgan fingerprint density at radius 3 is 2.28 bits per heavy atom. The summed E-state index contributed by atoms with van der Waals surface area (Å²) in [4.78, 5) is 28.8. The van der Waals surface area contributed by atoms with Crippen molar-refractivity contribution in [2.24, 2.45) is 0 Å². The number of methoxy groups -OCH3 is 1. The first-order valence-corrected chi connectivity index (χ1v) is 11.3. The molecule has 4 rings (SSSR count). The van der Waals surface area contributed by atoms with E-state index in [9.17, 15) is 22.8 Å². The van der Waals surface area contributed by atoms with Crippen molar-refractivity contribution < 1.29 is 27.5 Å². The van der Waals surface area contributed by atoms with Gasteiger partial charge in [-0.1, -0.05) is 24.3 Å². The van der Waals surface area contributed by atoms with E-state index in [1.54, 1.807) is 58.3 Å². The predicted octanol–water partition coefficient (Wildman–Crippen LogP) is 6.19. The molecule has 1 aliphatic rings. The van der Waals surface area contributed by atoms with Crippen LogP contribution in [0, 0.1) is 0 Å². The number of amides is 4. The highest BCUT2D eigenvalue weighted by Crippen LogP contribution is 2.30. The van der Waals surface area contributed by atoms with E-state index in [4.69, 9.17) is 4.74 Å². The van der Waals surface area contributed by atoms with Gasteiger partial charge >= 0.3 is 18.2 Å². The SMILES string of the molecule is COc1cccc(NC(=O)Nc2cccc(N3CCCN(Cc4ccc(C(F)(F)F)cc4)C3=O)c2)c1. The van der Waals surface area contributed by atoms with Crippen LogP contribution in [0.15, 0.2) is 72.8 Å². The van der Waals surface area contributed by atoms with Gasteiger partial charge in [0.05, 0.1) is 12.7 Å². The lowest BCUT2D eigenvalue weighted by atomic mass is 10.1. The normalized spacial score (nSPS) is 13.9. The summed E-state index contributed by atoms with van der Waals surface area (Å²) in [6.45, 7) is 1.19. The van der Waals surface area contributed by atoms with Crippen molar-refractivity contribution in [2.45, 2.75) is 19.1 Å². The molecule has 0 aliphatic carbocycles. The molecule has 0 saturated carbocycles. The third-order valence-corrected chi connectivity index (χ3v) is 5.71. The summed E-state index contributed by atoms with van der Waals surface area (Å²) in [6, 6.07) is 18.0. The molecule has 3 aromatic rings. The summed E-state index contributed by atoms with van der Waals surface area (Å²) >= 11 is 0. The van der Waals surface area contributed by atoms with Crippen LogP contribution < -0.4 is 20.3 Å². The number of carbonyl (C=O) groups is 2. The van der Waals surface area contributed by atoms with Crippen molar-refractivity contribution in [3.05, 3.63) is 83.9 Å². The fourth-order valence-corrected chi connectivity index (χ4v) is 3.93. The van der Waals surface area contributed by atoms with E-state index in [1.165, 1.54) is 19.2 Å². The molecule has 1 aliphatic heterocycles. The molecule has 0 radical (unpaired) electrons. The number of ether oxygens (including phenoxy) is 1. The molecule has 0 spiro atoms. The van der Waals surface area contributed by atoms with Gasteiger partial charge in [-0.05, 0) is 54.4 Å². The zero-order chi connectivity index (χ0) is 25.7. The van der Waals surface area contributed by atoms with Gasteiger partial charge in [0.1, 0.15) is 5.75 Å². The van der Waals surface area contributed by atoms with Gasteiger partial charge in [0.15, 0.2) is 0 Å². The fourth-order valence-electron chi connectivity index (χ4n) is 3.93. The number of nitrogens with one attached hydrogen (secondary N) is 2. The lowest BCUT2D eigenvalue weighted by Crippen LogP contribution is -2.49. The van der Waals surface area contributed by atoms with Gasteiger partial charge in [0, 0.05) is 42.8 Å². The van der Waals surface area contributed by atoms with Crippen LogP contribution in [0.4, 0.5) is 39.8 Å². The van der Waals surface area contributed by atoms with E-state index >= 15 is 0 Å².